The van der Waals surface area contributed by atoms with Crippen molar-refractivity contribution >= 4 is 41.3 Å². The Morgan fingerprint density at radius 1 is 0.435 bits per heavy atom. The van der Waals surface area contributed by atoms with Crippen molar-refractivity contribution in [3.63, 3.8) is 0 Å². The summed E-state index contributed by atoms with van der Waals surface area (Å²) in [4.78, 5) is 0. The first-order valence-corrected chi connectivity index (χ1v) is 7.29. The fraction of sp³-hybridized carbons (Fsp3) is 0. The number of rotatable bonds is 2. The molecule has 2 nitrogen and oxygen atoms in total. The largest absolute Gasteiger partial charge is 0.150 e. The maximum atomic E-state index is 4.48. The van der Waals surface area contributed by atoms with Crippen LogP contribution < -0.4 is 0 Å². The number of benzene rings is 4. The first-order valence-electron chi connectivity index (χ1n) is 7.29. The van der Waals surface area contributed by atoms with Crippen LogP contribution in [0.5, 0.6) is 0 Å². The molecule has 0 aliphatic heterocycles. The first kappa shape index (κ1) is 15.0. The molecule has 0 N–H and O–H groups in total. The highest BCUT2D eigenvalue weighted by Gasteiger charge is 2.01. The van der Waals surface area contributed by atoms with Gasteiger partial charge in [-0.25, -0.2) is 0 Å². The minimum Gasteiger partial charge on any atom is -0.150 e. The third-order valence-electron chi connectivity index (χ3n) is 3.80. The average Bonchev–Trinajstić information content (AvgIpc) is 2.60. The fourth-order valence-electron chi connectivity index (χ4n) is 2.70. The number of fused-ring (bicyclic) bond motifs is 2. The molecule has 0 aliphatic rings. The fourth-order valence-corrected chi connectivity index (χ4v) is 2.70. The smallest absolute Gasteiger partial charge is 0.0935 e. The Balaban J connectivity index is 0.00000156. The summed E-state index contributed by atoms with van der Waals surface area (Å²) < 4.78 is 0. The molecule has 3 radical (unpaired) electrons. The van der Waals surface area contributed by atoms with Gasteiger partial charge in [0.15, 0.2) is 0 Å². The van der Waals surface area contributed by atoms with E-state index in [0.717, 1.165) is 22.1 Å². The van der Waals surface area contributed by atoms with Gasteiger partial charge in [0, 0.05) is 19.2 Å². The number of hydrogen-bond acceptors (Lipinski definition) is 2. The lowest BCUT2D eigenvalue weighted by Crippen LogP contribution is -1.74. The summed E-state index contributed by atoms with van der Waals surface area (Å²) in [5.41, 5.74) is 1.79. The second-order valence-corrected chi connectivity index (χ2v) is 5.20. The molecule has 4 aromatic rings. The third-order valence-corrected chi connectivity index (χ3v) is 3.80. The Labute approximate surface area is 137 Å². The van der Waals surface area contributed by atoms with E-state index in [1.807, 2.05) is 48.5 Å². The van der Waals surface area contributed by atoms with Gasteiger partial charge in [0.05, 0.1) is 11.4 Å². The van der Waals surface area contributed by atoms with Crippen LogP contribution in [0.25, 0.3) is 21.5 Å². The van der Waals surface area contributed by atoms with Gasteiger partial charge in [-0.05, 0) is 22.9 Å². The van der Waals surface area contributed by atoms with Crippen LogP contribution >= 0.6 is 0 Å². The molecule has 0 atom stereocenters. The van der Waals surface area contributed by atoms with E-state index in [9.17, 15) is 0 Å². The zero-order valence-corrected chi connectivity index (χ0v) is 12.6. The molecule has 0 saturated heterocycles. The van der Waals surface area contributed by atoms with Crippen molar-refractivity contribution in [1.29, 1.82) is 0 Å². The molecule has 4 rings (SSSR count). The molecule has 0 amide bonds. The molecule has 4 aromatic carbocycles. The predicted molar refractivity (Wildman–Crippen MR) is 97.8 cm³/mol. The summed E-state index contributed by atoms with van der Waals surface area (Å²) in [5.74, 6) is 0. The lowest BCUT2D eigenvalue weighted by molar-refractivity contribution is 1.25. The standard InChI is InChI=1S/C20H14N2.B/c1-3-11-17-15(7-1)9-5-13-19(17)21-22-20-14-6-10-16-8-2-4-12-18(16)20;/h1-14H;. The molecule has 0 unspecified atom stereocenters. The minimum absolute atomic E-state index is 0. The van der Waals surface area contributed by atoms with Gasteiger partial charge >= 0.3 is 0 Å². The van der Waals surface area contributed by atoms with E-state index in [1.54, 1.807) is 0 Å². The molecule has 0 bridgehead atoms. The molecule has 107 valence electrons. The van der Waals surface area contributed by atoms with Gasteiger partial charge in [-0.2, -0.15) is 0 Å². The highest BCUT2D eigenvalue weighted by Crippen LogP contribution is 2.30. The zero-order valence-electron chi connectivity index (χ0n) is 12.6. The highest BCUT2D eigenvalue weighted by atomic mass is 15.1. The quantitative estimate of drug-likeness (QED) is 0.318. The summed E-state index contributed by atoms with van der Waals surface area (Å²) in [6.07, 6.45) is 0. The van der Waals surface area contributed by atoms with Crippen molar-refractivity contribution in [3.8, 4) is 0 Å². The summed E-state index contributed by atoms with van der Waals surface area (Å²) in [5, 5.41) is 13.6. The molecule has 0 aliphatic carbocycles. The third kappa shape index (κ3) is 2.86. The first-order chi connectivity index (χ1) is 10.9. The van der Waals surface area contributed by atoms with Crippen LogP contribution in [0.2, 0.25) is 0 Å². The molecular weight excluding hydrogens is 279 g/mol. The van der Waals surface area contributed by atoms with E-state index < -0.39 is 0 Å². The second kappa shape index (κ2) is 6.45. The molecule has 0 aromatic heterocycles. The zero-order chi connectivity index (χ0) is 14.8. The normalized spacial score (nSPS) is 11.0. The average molecular weight is 293 g/mol. The molecule has 3 heteroatoms. The van der Waals surface area contributed by atoms with E-state index in [0.29, 0.717) is 0 Å². The van der Waals surface area contributed by atoms with Crippen LogP contribution in [0.15, 0.2) is 95.2 Å². The van der Waals surface area contributed by atoms with Crippen molar-refractivity contribution < 1.29 is 0 Å². The molecule has 23 heavy (non-hydrogen) atoms. The highest BCUT2D eigenvalue weighted by molar-refractivity contribution is 5.93. The summed E-state index contributed by atoms with van der Waals surface area (Å²) in [6, 6.07) is 28.7. The molecule has 0 spiro atoms. The topological polar surface area (TPSA) is 24.7 Å². The maximum Gasteiger partial charge on any atom is 0.0935 e. The minimum atomic E-state index is 0. The Kier molecular flexibility index (Phi) is 4.20. The van der Waals surface area contributed by atoms with Crippen molar-refractivity contribution in [3.05, 3.63) is 84.9 Å². The van der Waals surface area contributed by atoms with Gasteiger partial charge in [0.2, 0.25) is 0 Å². The van der Waals surface area contributed by atoms with Gasteiger partial charge in [-0.3, -0.25) is 0 Å². The monoisotopic (exact) mass is 293 g/mol. The SMILES string of the molecule is [B].c1ccc2c(N=Nc3cccc4ccccc34)cccc2c1. The van der Waals surface area contributed by atoms with E-state index in [2.05, 4.69) is 46.6 Å². The van der Waals surface area contributed by atoms with E-state index >= 15 is 0 Å². The Bertz CT molecular complexity index is 901. The van der Waals surface area contributed by atoms with Crippen LogP contribution in [-0.2, 0) is 0 Å². The number of azo groups is 1. The van der Waals surface area contributed by atoms with Crippen LogP contribution in [0.3, 0.4) is 0 Å². The van der Waals surface area contributed by atoms with Gasteiger partial charge in [-0.15, -0.1) is 10.2 Å². The number of nitrogens with zero attached hydrogens (tertiary/aromatic N) is 2. The molecule has 0 saturated carbocycles. The van der Waals surface area contributed by atoms with Crippen LogP contribution in [0.1, 0.15) is 0 Å². The second-order valence-electron chi connectivity index (χ2n) is 5.20. The lowest BCUT2D eigenvalue weighted by atomic mass is 10.1. The molecule has 0 fully saturated rings. The van der Waals surface area contributed by atoms with Crippen molar-refractivity contribution in [2.24, 2.45) is 10.2 Å². The lowest BCUT2D eigenvalue weighted by Gasteiger charge is -2.02. The molecular formula is C20H14BN2. The van der Waals surface area contributed by atoms with E-state index in [-0.39, 0.29) is 8.41 Å². The van der Waals surface area contributed by atoms with Gasteiger partial charge in [0.25, 0.3) is 0 Å². The van der Waals surface area contributed by atoms with Crippen molar-refractivity contribution in [2.75, 3.05) is 0 Å². The Hall–Kier alpha value is -2.94. The summed E-state index contributed by atoms with van der Waals surface area (Å²) >= 11 is 0. The summed E-state index contributed by atoms with van der Waals surface area (Å²) in [6.45, 7) is 0. The number of hydrogen-bond donors (Lipinski definition) is 0. The van der Waals surface area contributed by atoms with E-state index in [1.165, 1.54) is 10.8 Å². The molecule has 0 heterocycles. The van der Waals surface area contributed by atoms with Crippen LogP contribution in [0.4, 0.5) is 11.4 Å². The van der Waals surface area contributed by atoms with Crippen LogP contribution in [-0.4, -0.2) is 8.41 Å². The summed E-state index contributed by atoms with van der Waals surface area (Å²) in [7, 11) is 0. The van der Waals surface area contributed by atoms with Crippen molar-refractivity contribution in [1.82, 2.24) is 0 Å². The Morgan fingerprint density at radius 3 is 1.30 bits per heavy atom. The van der Waals surface area contributed by atoms with Crippen LogP contribution in [0, 0.1) is 0 Å². The maximum absolute atomic E-state index is 4.48. The predicted octanol–water partition coefficient (Wildman–Crippen LogP) is 6.03. The van der Waals surface area contributed by atoms with E-state index in [4.69, 9.17) is 0 Å². The van der Waals surface area contributed by atoms with Gasteiger partial charge < -0.3 is 0 Å². The van der Waals surface area contributed by atoms with Gasteiger partial charge in [-0.1, -0.05) is 72.8 Å². The van der Waals surface area contributed by atoms with Crippen molar-refractivity contribution in [2.45, 2.75) is 0 Å². The Morgan fingerprint density at radius 2 is 0.826 bits per heavy atom. The van der Waals surface area contributed by atoms with Gasteiger partial charge in [0.1, 0.15) is 0 Å².